The van der Waals surface area contributed by atoms with Crippen LogP contribution in [0.3, 0.4) is 0 Å². The molecule has 0 saturated heterocycles. The van der Waals surface area contributed by atoms with Gasteiger partial charge >= 0.3 is 0 Å². The number of carbonyl (C=O) groups is 1. The van der Waals surface area contributed by atoms with Crippen LogP contribution in [0.5, 0.6) is 17.2 Å². The summed E-state index contributed by atoms with van der Waals surface area (Å²) in [5.41, 5.74) is 0.545. The van der Waals surface area contributed by atoms with Crippen molar-refractivity contribution >= 4 is 11.6 Å². The summed E-state index contributed by atoms with van der Waals surface area (Å²) in [6.45, 7) is 2.24. The number of methoxy groups -OCH3 is 3. The quantitative estimate of drug-likeness (QED) is 0.188. The number of rotatable bonds is 18. The molecule has 0 saturated carbocycles. The second-order valence-electron chi connectivity index (χ2n) is 7.94. The van der Waals surface area contributed by atoms with Crippen molar-refractivity contribution in [2.75, 3.05) is 26.6 Å². The molecule has 5 nitrogen and oxygen atoms in total. The van der Waals surface area contributed by atoms with Crippen LogP contribution in [0.25, 0.3) is 0 Å². The molecule has 0 fully saturated rings. The molecule has 32 heavy (non-hydrogen) atoms. The molecule has 180 valence electrons. The zero-order valence-electron chi connectivity index (χ0n) is 20.6. The van der Waals surface area contributed by atoms with Crippen LogP contribution >= 0.6 is 0 Å². The maximum absolute atomic E-state index is 12.4. The van der Waals surface area contributed by atoms with Gasteiger partial charge in [0.2, 0.25) is 5.91 Å². The minimum Gasteiger partial charge on any atom is -0.496 e. The molecule has 0 aliphatic heterocycles. The number of unbranched alkanes of at least 4 members (excludes halogenated alkanes) is 8. The van der Waals surface area contributed by atoms with Crippen molar-refractivity contribution in [3.63, 3.8) is 0 Å². The number of anilines is 1. The van der Waals surface area contributed by atoms with E-state index in [1.165, 1.54) is 38.5 Å². The maximum atomic E-state index is 12.4. The molecule has 0 unspecified atom stereocenters. The SMILES string of the molecule is CCCCC/C=C/C/C=C/CCCCCCCC(=O)Nc1c(OC)cc(OC)cc1OC. The molecule has 0 aliphatic rings. The molecular formula is C27H43NO4. The van der Waals surface area contributed by atoms with Crippen LogP contribution in [0.15, 0.2) is 36.4 Å². The molecule has 0 aromatic heterocycles. The van der Waals surface area contributed by atoms with Crippen LogP contribution in [0.4, 0.5) is 5.69 Å². The number of nitrogens with one attached hydrogen (secondary N) is 1. The van der Waals surface area contributed by atoms with E-state index in [1.807, 2.05) is 0 Å². The first-order valence-electron chi connectivity index (χ1n) is 12.1. The van der Waals surface area contributed by atoms with Crippen LogP contribution in [0.1, 0.15) is 84.0 Å². The fraction of sp³-hybridized carbons (Fsp3) is 0.593. The monoisotopic (exact) mass is 445 g/mol. The molecule has 1 rings (SSSR count). The zero-order chi connectivity index (χ0) is 23.4. The van der Waals surface area contributed by atoms with E-state index in [1.54, 1.807) is 33.5 Å². The van der Waals surface area contributed by atoms with Crippen molar-refractivity contribution in [2.45, 2.75) is 84.0 Å². The summed E-state index contributed by atoms with van der Waals surface area (Å²) >= 11 is 0. The molecule has 1 amide bonds. The lowest BCUT2D eigenvalue weighted by atomic mass is 10.1. The van der Waals surface area contributed by atoms with E-state index < -0.39 is 0 Å². The highest BCUT2D eigenvalue weighted by molar-refractivity contribution is 5.94. The number of hydrogen-bond donors (Lipinski definition) is 1. The summed E-state index contributed by atoms with van der Waals surface area (Å²) in [4.78, 5) is 12.4. The third-order valence-corrected chi connectivity index (χ3v) is 5.33. The van der Waals surface area contributed by atoms with Gasteiger partial charge in [0.25, 0.3) is 0 Å². The van der Waals surface area contributed by atoms with Gasteiger partial charge in [0.1, 0.15) is 22.9 Å². The second kappa shape index (κ2) is 18.2. The minimum atomic E-state index is -0.0301. The lowest BCUT2D eigenvalue weighted by Gasteiger charge is -2.15. The van der Waals surface area contributed by atoms with E-state index in [0.717, 1.165) is 32.1 Å². The van der Waals surface area contributed by atoms with E-state index in [9.17, 15) is 4.79 Å². The van der Waals surface area contributed by atoms with Crippen LogP contribution in [-0.4, -0.2) is 27.2 Å². The molecule has 0 atom stereocenters. The Morgan fingerprint density at radius 2 is 1.34 bits per heavy atom. The van der Waals surface area contributed by atoms with Gasteiger partial charge in [-0.2, -0.15) is 0 Å². The van der Waals surface area contributed by atoms with Crippen molar-refractivity contribution in [3.8, 4) is 17.2 Å². The summed E-state index contributed by atoms with van der Waals surface area (Å²) < 4.78 is 16.0. The fourth-order valence-electron chi connectivity index (χ4n) is 3.43. The van der Waals surface area contributed by atoms with E-state index in [0.29, 0.717) is 29.4 Å². The van der Waals surface area contributed by atoms with E-state index in [-0.39, 0.29) is 5.91 Å². The third kappa shape index (κ3) is 11.8. The highest BCUT2D eigenvalue weighted by Crippen LogP contribution is 2.39. The van der Waals surface area contributed by atoms with Gasteiger partial charge in [-0.3, -0.25) is 4.79 Å². The average Bonchev–Trinajstić information content (AvgIpc) is 2.81. The average molecular weight is 446 g/mol. The lowest BCUT2D eigenvalue weighted by molar-refractivity contribution is -0.116. The summed E-state index contributed by atoms with van der Waals surface area (Å²) in [5.74, 6) is 1.63. The lowest BCUT2D eigenvalue weighted by Crippen LogP contribution is -2.13. The predicted molar refractivity (Wildman–Crippen MR) is 134 cm³/mol. The Kier molecular flexibility index (Phi) is 15.7. The Morgan fingerprint density at radius 1 is 0.781 bits per heavy atom. The molecular weight excluding hydrogens is 402 g/mol. The normalized spacial score (nSPS) is 11.2. The molecule has 0 aliphatic carbocycles. The van der Waals surface area contributed by atoms with E-state index in [2.05, 4.69) is 36.5 Å². The number of amides is 1. The molecule has 1 aromatic carbocycles. The van der Waals surface area contributed by atoms with Crippen molar-refractivity contribution in [1.82, 2.24) is 0 Å². The van der Waals surface area contributed by atoms with Crippen LogP contribution < -0.4 is 19.5 Å². The van der Waals surface area contributed by atoms with E-state index >= 15 is 0 Å². The number of carbonyl (C=O) groups excluding carboxylic acids is 1. The summed E-state index contributed by atoms with van der Waals surface area (Å²) in [6.07, 6.45) is 22.5. The van der Waals surface area contributed by atoms with E-state index in [4.69, 9.17) is 14.2 Å². The van der Waals surface area contributed by atoms with Crippen molar-refractivity contribution in [2.24, 2.45) is 0 Å². The van der Waals surface area contributed by atoms with Crippen LogP contribution in [0.2, 0.25) is 0 Å². The highest BCUT2D eigenvalue weighted by Gasteiger charge is 2.15. The second-order valence-corrected chi connectivity index (χ2v) is 7.94. The van der Waals surface area contributed by atoms with Gasteiger partial charge in [0.05, 0.1) is 21.3 Å². The number of hydrogen-bond acceptors (Lipinski definition) is 4. The molecule has 1 aromatic rings. The molecule has 0 spiro atoms. The van der Waals surface area contributed by atoms with Crippen LogP contribution in [-0.2, 0) is 4.79 Å². The Balaban J connectivity index is 2.17. The fourth-order valence-corrected chi connectivity index (χ4v) is 3.43. The van der Waals surface area contributed by atoms with Crippen molar-refractivity contribution in [3.05, 3.63) is 36.4 Å². The number of allylic oxidation sites excluding steroid dienone is 4. The van der Waals surface area contributed by atoms with Crippen molar-refractivity contribution < 1.29 is 19.0 Å². The van der Waals surface area contributed by atoms with Gasteiger partial charge < -0.3 is 19.5 Å². The topological polar surface area (TPSA) is 56.8 Å². The Hall–Kier alpha value is -2.43. The third-order valence-electron chi connectivity index (χ3n) is 5.33. The zero-order valence-corrected chi connectivity index (χ0v) is 20.6. The summed E-state index contributed by atoms with van der Waals surface area (Å²) in [7, 11) is 4.70. The van der Waals surface area contributed by atoms with Gasteiger partial charge in [-0.1, -0.05) is 63.3 Å². The Labute approximate surface area is 195 Å². The maximum Gasteiger partial charge on any atom is 0.224 e. The molecule has 0 heterocycles. The first kappa shape index (κ1) is 27.6. The molecule has 0 radical (unpaired) electrons. The first-order chi connectivity index (χ1) is 15.7. The number of benzene rings is 1. The Morgan fingerprint density at radius 3 is 1.91 bits per heavy atom. The van der Waals surface area contributed by atoms with Gasteiger partial charge in [-0.15, -0.1) is 0 Å². The molecule has 5 heteroatoms. The van der Waals surface area contributed by atoms with Gasteiger partial charge in [0.15, 0.2) is 0 Å². The minimum absolute atomic E-state index is 0.0301. The molecule has 0 bridgehead atoms. The Bertz CT molecular complexity index is 672. The summed E-state index contributed by atoms with van der Waals surface area (Å²) in [5, 5.41) is 2.92. The first-order valence-corrected chi connectivity index (χ1v) is 12.1. The number of ether oxygens (including phenoxy) is 3. The van der Waals surface area contributed by atoms with Gasteiger partial charge in [0, 0.05) is 18.6 Å². The van der Waals surface area contributed by atoms with Crippen molar-refractivity contribution in [1.29, 1.82) is 0 Å². The standard InChI is InChI=1S/C27H43NO4/c1-5-6-7-8-9-10-11-12-13-14-15-16-17-18-19-20-26(29)28-27-24(31-3)21-23(30-2)22-25(27)32-4/h9-10,12-13,21-22H,5-8,11,14-20H2,1-4H3,(H,28,29)/b10-9+,13-12+. The van der Waals surface area contributed by atoms with Gasteiger partial charge in [-0.05, 0) is 38.5 Å². The highest BCUT2D eigenvalue weighted by atomic mass is 16.5. The summed E-state index contributed by atoms with van der Waals surface area (Å²) in [6, 6.07) is 3.47. The predicted octanol–water partition coefficient (Wildman–Crippen LogP) is 7.46. The van der Waals surface area contributed by atoms with Gasteiger partial charge in [-0.25, -0.2) is 0 Å². The molecule has 1 N–H and O–H groups in total. The smallest absolute Gasteiger partial charge is 0.224 e. The largest absolute Gasteiger partial charge is 0.496 e. The van der Waals surface area contributed by atoms with Crippen LogP contribution in [0, 0.1) is 0 Å².